The topological polar surface area (TPSA) is 29.1 Å². The van der Waals surface area contributed by atoms with Crippen LogP contribution in [0.1, 0.15) is 32.8 Å². The van der Waals surface area contributed by atoms with Crippen LogP contribution in [0.25, 0.3) is 0 Å². The number of hydrogen-bond donors (Lipinski definition) is 1. The van der Waals surface area contributed by atoms with Crippen molar-refractivity contribution in [2.24, 2.45) is 0 Å². The van der Waals surface area contributed by atoms with Gasteiger partial charge in [-0.2, -0.15) is 13.2 Å². The molecule has 0 amide bonds. The quantitative estimate of drug-likeness (QED) is 0.870. The molecule has 1 aromatic carbocycles. The summed E-state index contributed by atoms with van der Waals surface area (Å²) in [6.45, 7) is 6.45. The van der Waals surface area contributed by atoms with E-state index in [0.717, 1.165) is 25.1 Å². The second-order valence-corrected chi connectivity index (χ2v) is 6.41. The summed E-state index contributed by atoms with van der Waals surface area (Å²) in [4.78, 5) is 0.226. The zero-order chi connectivity index (χ0) is 15.3. The lowest BCUT2D eigenvalue weighted by atomic mass is 10.1. The minimum atomic E-state index is -4.41. The molecule has 0 aromatic heterocycles. The molecule has 0 saturated heterocycles. The highest BCUT2D eigenvalue weighted by molar-refractivity contribution is 7.85. The fraction of sp³-hybridized carbons (Fsp3) is 0.571. The number of benzene rings is 1. The van der Waals surface area contributed by atoms with E-state index in [4.69, 9.17) is 0 Å². The lowest BCUT2D eigenvalue weighted by molar-refractivity contribution is -0.137. The van der Waals surface area contributed by atoms with Crippen molar-refractivity contribution >= 4 is 10.8 Å². The van der Waals surface area contributed by atoms with Gasteiger partial charge in [0, 0.05) is 10.9 Å². The molecule has 1 aromatic rings. The molecule has 0 aliphatic heterocycles. The molecule has 0 aliphatic rings. The van der Waals surface area contributed by atoms with Crippen LogP contribution in [-0.4, -0.2) is 22.0 Å². The van der Waals surface area contributed by atoms with Crippen molar-refractivity contribution in [1.82, 2.24) is 5.32 Å². The standard InChI is InChI=1S/C14H20F3NOS/c1-4-13(18-5-2)10(3)20(19)12-8-6-7-11(9-12)14(15,16)17/h6-10,13,18H,4-5H2,1-3H3. The Balaban J connectivity index is 2.97. The van der Waals surface area contributed by atoms with Gasteiger partial charge < -0.3 is 5.32 Å². The van der Waals surface area contributed by atoms with E-state index in [1.165, 1.54) is 12.1 Å². The highest BCUT2D eigenvalue weighted by Crippen LogP contribution is 2.30. The van der Waals surface area contributed by atoms with Crippen molar-refractivity contribution in [3.8, 4) is 0 Å². The first kappa shape index (κ1) is 17.2. The normalized spacial score (nSPS) is 16.7. The van der Waals surface area contributed by atoms with E-state index in [0.29, 0.717) is 0 Å². The Bertz CT molecular complexity index is 462. The average Bonchev–Trinajstić information content (AvgIpc) is 2.42. The molecule has 114 valence electrons. The van der Waals surface area contributed by atoms with E-state index in [2.05, 4.69) is 5.32 Å². The molecule has 0 fully saturated rings. The summed E-state index contributed by atoms with van der Waals surface area (Å²) < 4.78 is 50.4. The molecular weight excluding hydrogens is 287 g/mol. The van der Waals surface area contributed by atoms with Crippen molar-refractivity contribution in [1.29, 1.82) is 0 Å². The van der Waals surface area contributed by atoms with Gasteiger partial charge >= 0.3 is 6.18 Å². The van der Waals surface area contributed by atoms with Crippen LogP contribution in [0.3, 0.4) is 0 Å². The van der Waals surface area contributed by atoms with Gasteiger partial charge in [-0.3, -0.25) is 4.21 Å². The first-order valence-electron chi connectivity index (χ1n) is 6.62. The molecule has 2 nitrogen and oxygen atoms in total. The predicted octanol–water partition coefficient (Wildman–Crippen LogP) is 3.59. The third kappa shape index (κ3) is 4.31. The number of hydrogen-bond acceptors (Lipinski definition) is 2. The van der Waals surface area contributed by atoms with Crippen molar-refractivity contribution < 1.29 is 17.4 Å². The van der Waals surface area contributed by atoms with Gasteiger partial charge in [0.25, 0.3) is 0 Å². The summed E-state index contributed by atoms with van der Waals surface area (Å²) in [7, 11) is -1.47. The van der Waals surface area contributed by atoms with Gasteiger partial charge in [-0.25, -0.2) is 0 Å². The summed E-state index contributed by atoms with van der Waals surface area (Å²) in [5, 5.41) is 2.97. The average molecular weight is 307 g/mol. The van der Waals surface area contributed by atoms with Crippen LogP contribution in [0.5, 0.6) is 0 Å². The maximum absolute atomic E-state index is 12.7. The Labute approximate surface area is 120 Å². The van der Waals surface area contributed by atoms with Crippen LogP contribution in [0.2, 0.25) is 0 Å². The maximum atomic E-state index is 12.7. The van der Waals surface area contributed by atoms with E-state index in [9.17, 15) is 17.4 Å². The Kier molecular flexibility index (Phi) is 6.20. The van der Waals surface area contributed by atoms with Gasteiger partial charge in [0.05, 0.1) is 21.6 Å². The third-order valence-electron chi connectivity index (χ3n) is 3.20. The molecule has 0 spiro atoms. The zero-order valence-electron chi connectivity index (χ0n) is 11.8. The molecule has 0 bridgehead atoms. The Morgan fingerprint density at radius 2 is 1.95 bits per heavy atom. The second kappa shape index (κ2) is 7.22. The van der Waals surface area contributed by atoms with E-state index in [1.807, 2.05) is 13.8 Å². The molecule has 0 aliphatic carbocycles. The van der Waals surface area contributed by atoms with Crippen molar-refractivity contribution in [2.45, 2.75) is 49.6 Å². The van der Waals surface area contributed by atoms with Crippen molar-refractivity contribution in [3.63, 3.8) is 0 Å². The van der Waals surface area contributed by atoms with Gasteiger partial charge in [0.1, 0.15) is 0 Å². The number of alkyl halides is 3. The first-order valence-corrected chi connectivity index (χ1v) is 7.83. The lowest BCUT2D eigenvalue weighted by Gasteiger charge is -2.23. The fourth-order valence-corrected chi connectivity index (χ4v) is 3.54. The second-order valence-electron chi connectivity index (χ2n) is 4.60. The monoisotopic (exact) mass is 307 g/mol. The SMILES string of the molecule is CCNC(CC)C(C)S(=O)c1cccc(C(F)(F)F)c1. The fourth-order valence-electron chi connectivity index (χ4n) is 2.07. The summed E-state index contributed by atoms with van der Waals surface area (Å²) in [5.41, 5.74) is -0.757. The Morgan fingerprint density at radius 3 is 2.45 bits per heavy atom. The summed E-state index contributed by atoms with van der Waals surface area (Å²) in [5.74, 6) is 0. The van der Waals surface area contributed by atoms with Crippen LogP contribution < -0.4 is 5.32 Å². The van der Waals surface area contributed by atoms with E-state index >= 15 is 0 Å². The molecule has 0 radical (unpaired) electrons. The van der Waals surface area contributed by atoms with Gasteiger partial charge in [-0.15, -0.1) is 0 Å². The molecule has 0 saturated carbocycles. The summed E-state index contributed by atoms with van der Waals surface area (Å²) >= 11 is 0. The summed E-state index contributed by atoms with van der Waals surface area (Å²) in [6.07, 6.45) is -3.63. The minimum absolute atomic E-state index is 0.0235. The summed E-state index contributed by atoms with van der Waals surface area (Å²) in [6, 6.07) is 4.78. The largest absolute Gasteiger partial charge is 0.416 e. The van der Waals surface area contributed by atoms with Gasteiger partial charge in [0.2, 0.25) is 0 Å². The van der Waals surface area contributed by atoms with Crippen LogP contribution >= 0.6 is 0 Å². The molecule has 1 rings (SSSR count). The highest BCUT2D eigenvalue weighted by atomic mass is 32.2. The van der Waals surface area contributed by atoms with Gasteiger partial charge in [-0.05, 0) is 38.1 Å². The van der Waals surface area contributed by atoms with Crippen LogP contribution in [0.15, 0.2) is 29.2 Å². The van der Waals surface area contributed by atoms with E-state index < -0.39 is 22.5 Å². The number of halogens is 3. The van der Waals surface area contributed by atoms with Gasteiger partial charge in [-0.1, -0.05) is 19.9 Å². The molecule has 20 heavy (non-hydrogen) atoms. The number of rotatable bonds is 6. The van der Waals surface area contributed by atoms with Crippen molar-refractivity contribution in [3.05, 3.63) is 29.8 Å². The molecule has 0 heterocycles. The van der Waals surface area contributed by atoms with Crippen LogP contribution in [0, 0.1) is 0 Å². The zero-order valence-corrected chi connectivity index (χ0v) is 12.6. The molecule has 1 N–H and O–H groups in total. The highest BCUT2D eigenvalue weighted by Gasteiger charge is 2.31. The molecular formula is C14H20F3NOS. The first-order chi connectivity index (χ1) is 9.31. The van der Waals surface area contributed by atoms with Crippen LogP contribution in [-0.2, 0) is 17.0 Å². The Hall–Kier alpha value is -0.880. The smallest absolute Gasteiger partial charge is 0.313 e. The van der Waals surface area contributed by atoms with E-state index in [-0.39, 0.29) is 16.2 Å². The van der Waals surface area contributed by atoms with Crippen LogP contribution in [0.4, 0.5) is 13.2 Å². The third-order valence-corrected chi connectivity index (χ3v) is 4.93. The molecule has 3 unspecified atom stereocenters. The minimum Gasteiger partial charge on any atom is -0.313 e. The molecule has 3 atom stereocenters. The lowest BCUT2D eigenvalue weighted by Crippen LogP contribution is -2.40. The van der Waals surface area contributed by atoms with E-state index in [1.54, 1.807) is 6.92 Å². The number of nitrogens with one attached hydrogen (secondary N) is 1. The molecule has 6 heteroatoms. The van der Waals surface area contributed by atoms with Gasteiger partial charge in [0.15, 0.2) is 0 Å². The Morgan fingerprint density at radius 1 is 1.30 bits per heavy atom. The van der Waals surface area contributed by atoms with Crippen molar-refractivity contribution in [2.75, 3.05) is 6.54 Å². The predicted molar refractivity (Wildman–Crippen MR) is 75.1 cm³/mol. The maximum Gasteiger partial charge on any atom is 0.416 e.